The molecular weight excluding hydrogens is 455 g/mol. The van der Waals surface area contributed by atoms with Gasteiger partial charge in [0.1, 0.15) is 0 Å². The van der Waals surface area contributed by atoms with Crippen LogP contribution < -0.4 is 30.0 Å². The fourth-order valence-corrected chi connectivity index (χ4v) is 12.5. The van der Waals surface area contributed by atoms with Gasteiger partial charge in [-0.2, -0.15) is 0 Å². The van der Waals surface area contributed by atoms with Crippen LogP contribution in [-0.2, 0) is 5.21 Å². The van der Waals surface area contributed by atoms with E-state index in [2.05, 4.69) is 121 Å². The van der Waals surface area contributed by atoms with Crippen LogP contribution in [0.5, 0.6) is 0 Å². The van der Waals surface area contributed by atoms with E-state index in [0.717, 1.165) is 5.21 Å². The van der Waals surface area contributed by atoms with Crippen molar-refractivity contribution in [1.29, 1.82) is 0 Å². The van der Waals surface area contributed by atoms with E-state index in [9.17, 15) is 0 Å². The van der Waals surface area contributed by atoms with Gasteiger partial charge in [0.15, 0.2) is 0 Å². The van der Waals surface area contributed by atoms with Crippen molar-refractivity contribution in [3.05, 3.63) is 127 Å². The Labute approximate surface area is 175 Å². The summed E-state index contributed by atoms with van der Waals surface area (Å²) in [4.78, 5) is 0. The molecule has 0 heterocycles. The maximum absolute atomic E-state index is 2.63. The van der Waals surface area contributed by atoms with Gasteiger partial charge in [-0.05, 0) is 0 Å². The normalized spacial score (nSPS) is 10.8. The average molecular weight is 477 g/mol. The van der Waals surface area contributed by atoms with Gasteiger partial charge in [0.25, 0.3) is 0 Å². The summed E-state index contributed by atoms with van der Waals surface area (Å²) in [5, 5.41) is 1.09. The molecule has 4 rings (SSSR count). The second kappa shape index (κ2) is 9.22. The first-order valence-electron chi connectivity index (χ1n) is 8.98. The molecule has 0 bridgehead atoms. The maximum atomic E-state index is 2.33. The zero-order valence-corrected chi connectivity index (χ0v) is 18.5. The quantitative estimate of drug-likeness (QED) is 0.376. The fourth-order valence-electron chi connectivity index (χ4n) is 3.63. The van der Waals surface area contributed by atoms with Gasteiger partial charge in [0, 0.05) is 0 Å². The molecule has 0 N–H and O–H groups in total. The van der Waals surface area contributed by atoms with E-state index < -0.39 is 13.6 Å². The summed E-state index contributed by atoms with van der Waals surface area (Å²) >= 11 is -2.63. The first-order chi connectivity index (χ1) is 12.9. The molecular formula is C25H22AsBr. The average Bonchev–Trinajstić information content (AvgIpc) is 2.75. The van der Waals surface area contributed by atoms with Crippen molar-refractivity contribution in [3.8, 4) is 0 Å². The standard InChI is InChI=1S/C25H22As.BrH/c1-5-13-22(14-6-1)21-26(23-15-7-2-8-16-23,24-17-9-3-10-18-24)25-19-11-4-12-20-25;/h1-20H,21H2;1H/q+1;/p-1. The number of hydrogen-bond donors (Lipinski definition) is 0. The number of hydrogen-bond acceptors (Lipinski definition) is 0. The Bertz CT molecular complexity index is 842. The van der Waals surface area contributed by atoms with Gasteiger partial charge in [0.05, 0.1) is 0 Å². The van der Waals surface area contributed by atoms with Crippen molar-refractivity contribution < 1.29 is 17.0 Å². The minimum atomic E-state index is -2.63. The van der Waals surface area contributed by atoms with E-state index >= 15 is 0 Å². The molecule has 0 aromatic heterocycles. The number of rotatable bonds is 5. The Kier molecular flexibility index (Phi) is 6.72. The SMILES string of the molecule is [Br-].c1ccc(C[As+](c2ccccc2)(c2ccccc2)c2ccccc2)cc1. The van der Waals surface area contributed by atoms with E-state index in [1.807, 2.05) is 0 Å². The van der Waals surface area contributed by atoms with Crippen LogP contribution in [0.1, 0.15) is 5.56 Å². The Morgan fingerprint density at radius 3 is 1.04 bits per heavy atom. The molecule has 0 nitrogen and oxygen atoms in total. The van der Waals surface area contributed by atoms with Crippen LogP contribution in [0.25, 0.3) is 0 Å². The zero-order chi connectivity index (χ0) is 17.7. The predicted octanol–water partition coefficient (Wildman–Crippen LogP) is 0.943. The summed E-state index contributed by atoms with van der Waals surface area (Å²) in [5.74, 6) is 0. The molecule has 0 saturated heterocycles. The Morgan fingerprint density at radius 1 is 0.407 bits per heavy atom. The van der Waals surface area contributed by atoms with Crippen molar-refractivity contribution in [3.63, 3.8) is 0 Å². The predicted molar refractivity (Wildman–Crippen MR) is 114 cm³/mol. The second-order valence-corrected chi connectivity index (χ2v) is 13.8. The molecule has 0 atom stereocenters. The molecule has 0 aliphatic carbocycles. The molecule has 4 aromatic rings. The summed E-state index contributed by atoms with van der Waals surface area (Å²) in [6, 6.07) is 44.4. The monoisotopic (exact) mass is 476 g/mol. The van der Waals surface area contributed by atoms with Crippen molar-refractivity contribution in [1.82, 2.24) is 0 Å². The third-order valence-electron chi connectivity index (χ3n) is 4.85. The summed E-state index contributed by atoms with van der Waals surface area (Å²) in [6.07, 6.45) is 0. The van der Waals surface area contributed by atoms with Gasteiger partial charge in [0.2, 0.25) is 0 Å². The van der Waals surface area contributed by atoms with Crippen LogP contribution in [0.2, 0.25) is 0 Å². The van der Waals surface area contributed by atoms with Gasteiger partial charge in [-0.15, -0.1) is 0 Å². The van der Waals surface area contributed by atoms with Gasteiger partial charge in [-0.25, -0.2) is 0 Å². The van der Waals surface area contributed by atoms with Crippen LogP contribution >= 0.6 is 0 Å². The van der Waals surface area contributed by atoms with Gasteiger partial charge in [-0.3, -0.25) is 0 Å². The van der Waals surface area contributed by atoms with Crippen molar-refractivity contribution in [2.45, 2.75) is 5.21 Å². The molecule has 0 fully saturated rings. The van der Waals surface area contributed by atoms with Gasteiger partial charge in [-0.1, -0.05) is 0 Å². The van der Waals surface area contributed by atoms with E-state index in [-0.39, 0.29) is 17.0 Å². The third kappa shape index (κ3) is 4.10. The van der Waals surface area contributed by atoms with Crippen LogP contribution in [-0.4, -0.2) is 13.6 Å². The molecule has 4 aromatic carbocycles. The van der Waals surface area contributed by atoms with Crippen molar-refractivity contribution in [2.24, 2.45) is 0 Å². The Balaban J connectivity index is 0.00000210. The Hall–Kier alpha value is -2.08. The van der Waals surface area contributed by atoms with E-state index in [4.69, 9.17) is 0 Å². The summed E-state index contributed by atoms with van der Waals surface area (Å²) in [7, 11) is 0. The molecule has 0 spiro atoms. The molecule has 2 heteroatoms. The van der Waals surface area contributed by atoms with Crippen LogP contribution in [0.4, 0.5) is 0 Å². The first kappa shape index (κ1) is 19.7. The molecule has 0 aliphatic heterocycles. The summed E-state index contributed by atoms with van der Waals surface area (Å²) < 4.78 is 4.48. The second-order valence-electron chi connectivity index (χ2n) is 6.46. The van der Waals surface area contributed by atoms with Crippen LogP contribution in [0.3, 0.4) is 0 Å². The summed E-state index contributed by atoms with van der Waals surface area (Å²) in [6.45, 7) is 0. The van der Waals surface area contributed by atoms with Gasteiger partial charge < -0.3 is 17.0 Å². The molecule has 0 saturated carbocycles. The number of halogens is 1. The first-order valence-corrected chi connectivity index (χ1v) is 13.1. The Morgan fingerprint density at radius 2 is 0.704 bits per heavy atom. The summed E-state index contributed by atoms with van der Waals surface area (Å²) in [5.41, 5.74) is 1.41. The third-order valence-corrected chi connectivity index (χ3v) is 14.0. The van der Waals surface area contributed by atoms with Crippen molar-refractivity contribution in [2.75, 3.05) is 0 Å². The molecule has 0 amide bonds. The molecule has 0 unspecified atom stereocenters. The van der Waals surface area contributed by atoms with E-state index in [0.29, 0.717) is 0 Å². The molecule has 0 radical (unpaired) electrons. The van der Waals surface area contributed by atoms with E-state index in [1.165, 1.54) is 18.6 Å². The van der Waals surface area contributed by atoms with E-state index in [1.54, 1.807) is 0 Å². The topological polar surface area (TPSA) is 0 Å². The van der Waals surface area contributed by atoms with Gasteiger partial charge >= 0.3 is 159 Å². The molecule has 0 aliphatic rings. The number of benzene rings is 4. The molecule has 134 valence electrons. The zero-order valence-electron chi connectivity index (χ0n) is 15.1. The van der Waals surface area contributed by atoms with Crippen LogP contribution in [0, 0.1) is 0 Å². The fraction of sp³-hybridized carbons (Fsp3) is 0.0400. The van der Waals surface area contributed by atoms with Crippen molar-refractivity contribution >= 4 is 26.6 Å². The minimum absolute atomic E-state index is 0. The van der Waals surface area contributed by atoms with Crippen LogP contribution in [0.15, 0.2) is 121 Å². The molecule has 27 heavy (non-hydrogen) atoms.